The molecule has 1 aromatic rings. The van der Waals surface area contributed by atoms with E-state index in [2.05, 4.69) is 34.0 Å². The highest BCUT2D eigenvalue weighted by molar-refractivity contribution is 7.98. The molecule has 28 heavy (non-hydrogen) atoms. The summed E-state index contributed by atoms with van der Waals surface area (Å²) in [5.41, 5.74) is -0.318. The Morgan fingerprint density at radius 2 is 2.00 bits per heavy atom. The van der Waals surface area contributed by atoms with Gasteiger partial charge >= 0.3 is 0 Å². The molecule has 1 saturated carbocycles. The number of carbonyl (C=O) groups excluding carboxylic acids is 1. The fourth-order valence-electron chi connectivity index (χ4n) is 3.67. The fraction of sp³-hybridized carbons (Fsp3) is 0.727. The number of likely N-dealkylation sites (tertiary alicyclic amines) is 1. The van der Waals surface area contributed by atoms with E-state index in [9.17, 15) is 4.79 Å². The van der Waals surface area contributed by atoms with Gasteiger partial charge in [0.2, 0.25) is 5.88 Å². The lowest BCUT2D eigenvalue weighted by Gasteiger charge is -2.29. The quantitative estimate of drug-likeness (QED) is 0.489. The molecule has 5 nitrogen and oxygen atoms in total. The average molecular weight is 409 g/mol. The lowest BCUT2D eigenvalue weighted by molar-refractivity contribution is -0.138. The number of carbonyl (C=O) groups is 1. The Bertz CT molecular complexity index is 580. The van der Waals surface area contributed by atoms with Gasteiger partial charge in [0.1, 0.15) is 5.60 Å². The number of ether oxygens (including phenoxy) is 2. The lowest BCUT2D eigenvalue weighted by Crippen LogP contribution is -2.31. The summed E-state index contributed by atoms with van der Waals surface area (Å²) in [6.07, 6.45) is 9.37. The summed E-state index contributed by atoms with van der Waals surface area (Å²) in [6, 6.07) is 4.05. The second-order valence-electron chi connectivity index (χ2n) is 8.80. The van der Waals surface area contributed by atoms with Gasteiger partial charge in [0, 0.05) is 17.2 Å². The molecule has 0 aromatic carbocycles. The second-order valence-corrected chi connectivity index (χ2v) is 9.68. The van der Waals surface area contributed by atoms with Crippen LogP contribution in [0.25, 0.3) is 0 Å². The molecular formula is C22H36N2O3S. The third kappa shape index (κ3) is 8.39. The van der Waals surface area contributed by atoms with Crippen molar-refractivity contribution >= 4 is 18.2 Å². The maximum absolute atomic E-state index is 9.60. The highest BCUT2D eigenvalue weighted by Gasteiger charge is 2.42. The predicted molar refractivity (Wildman–Crippen MR) is 115 cm³/mol. The Morgan fingerprint density at radius 1 is 1.29 bits per heavy atom. The van der Waals surface area contributed by atoms with Crippen molar-refractivity contribution in [1.29, 1.82) is 0 Å². The highest BCUT2D eigenvalue weighted by atomic mass is 32.2. The zero-order valence-electron chi connectivity index (χ0n) is 18.0. The van der Waals surface area contributed by atoms with E-state index in [0.29, 0.717) is 6.47 Å². The zero-order valence-corrected chi connectivity index (χ0v) is 18.8. The molecule has 2 heterocycles. The number of hydrogen-bond donors (Lipinski definition) is 0. The minimum absolute atomic E-state index is 0.318. The first-order chi connectivity index (χ1) is 13.3. The molecule has 2 fully saturated rings. The SMILES string of the molecule is CC(C)(C)OC=O.CSc1ccc(OCCC2CC2C2CCN(C)CC2)nc1. The van der Waals surface area contributed by atoms with Gasteiger partial charge in [-0.25, -0.2) is 4.98 Å². The predicted octanol–water partition coefficient (Wildman–Crippen LogP) is 4.51. The molecule has 0 spiro atoms. The summed E-state index contributed by atoms with van der Waals surface area (Å²) in [4.78, 5) is 17.6. The molecule has 1 aromatic heterocycles. The van der Waals surface area contributed by atoms with Crippen LogP contribution in [0.4, 0.5) is 0 Å². The van der Waals surface area contributed by atoms with E-state index in [0.717, 1.165) is 30.2 Å². The topological polar surface area (TPSA) is 51.7 Å². The Hall–Kier alpha value is -1.27. The van der Waals surface area contributed by atoms with Crippen molar-refractivity contribution in [2.75, 3.05) is 33.0 Å². The molecule has 1 aliphatic heterocycles. The first kappa shape index (κ1) is 23.0. The number of rotatable bonds is 7. The van der Waals surface area contributed by atoms with Crippen LogP contribution < -0.4 is 4.74 Å². The average Bonchev–Trinajstić information content (AvgIpc) is 3.42. The van der Waals surface area contributed by atoms with E-state index in [1.807, 2.05) is 33.0 Å². The van der Waals surface area contributed by atoms with Crippen LogP contribution in [0.5, 0.6) is 5.88 Å². The summed E-state index contributed by atoms with van der Waals surface area (Å²) < 4.78 is 10.3. The Balaban J connectivity index is 0.000000345. The Labute approximate surface area is 174 Å². The van der Waals surface area contributed by atoms with Crippen LogP contribution in [0.2, 0.25) is 0 Å². The maximum atomic E-state index is 9.60. The molecular weight excluding hydrogens is 372 g/mol. The van der Waals surface area contributed by atoms with Crippen LogP contribution in [0.1, 0.15) is 46.5 Å². The Morgan fingerprint density at radius 3 is 2.50 bits per heavy atom. The van der Waals surface area contributed by atoms with Crippen molar-refractivity contribution in [1.82, 2.24) is 9.88 Å². The number of piperidine rings is 1. The molecule has 2 unspecified atom stereocenters. The number of hydrogen-bond acceptors (Lipinski definition) is 6. The summed E-state index contributed by atoms with van der Waals surface area (Å²) in [5, 5.41) is 0. The van der Waals surface area contributed by atoms with Crippen LogP contribution in [-0.2, 0) is 9.53 Å². The number of nitrogens with zero attached hydrogens (tertiary/aromatic N) is 2. The van der Waals surface area contributed by atoms with Gasteiger partial charge in [-0.05, 0) is 96.7 Å². The number of pyridine rings is 1. The molecule has 158 valence electrons. The largest absolute Gasteiger partial charge is 0.478 e. The molecule has 0 radical (unpaired) electrons. The van der Waals surface area contributed by atoms with E-state index in [4.69, 9.17) is 4.74 Å². The highest BCUT2D eigenvalue weighted by Crippen LogP contribution is 2.49. The first-order valence-electron chi connectivity index (χ1n) is 10.2. The van der Waals surface area contributed by atoms with Gasteiger partial charge < -0.3 is 14.4 Å². The number of thioether (sulfide) groups is 1. The van der Waals surface area contributed by atoms with Crippen molar-refractivity contribution in [2.24, 2.45) is 17.8 Å². The van der Waals surface area contributed by atoms with Crippen LogP contribution >= 0.6 is 11.8 Å². The van der Waals surface area contributed by atoms with Gasteiger partial charge in [0.15, 0.2) is 0 Å². The van der Waals surface area contributed by atoms with Crippen molar-refractivity contribution < 1.29 is 14.3 Å². The van der Waals surface area contributed by atoms with E-state index < -0.39 is 0 Å². The van der Waals surface area contributed by atoms with E-state index >= 15 is 0 Å². The summed E-state index contributed by atoms with van der Waals surface area (Å²) >= 11 is 1.71. The Kier molecular flexibility index (Phi) is 9.09. The third-order valence-electron chi connectivity index (χ3n) is 5.43. The molecule has 1 saturated heterocycles. The van der Waals surface area contributed by atoms with Gasteiger partial charge in [-0.2, -0.15) is 0 Å². The normalized spacial score (nSPS) is 22.8. The van der Waals surface area contributed by atoms with Gasteiger partial charge in [-0.1, -0.05) is 0 Å². The van der Waals surface area contributed by atoms with E-state index in [1.54, 1.807) is 11.8 Å². The minimum Gasteiger partial charge on any atom is -0.478 e. The molecule has 2 atom stereocenters. The molecule has 3 rings (SSSR count). The van der Waals surface area contributed by atoms with Crippen molar-refractivity contribution in [3.8, 4) is 5.88 Å². The smallest absolute Gasteiger partial charge is 0.293 e. The van der Waals surface area contributed by atoms with Crippen LogP contribution in [0, 0.1) is 17.8 Å². The summed E-state index contributed by atoms with van der Waals surface area (Å²) in [7, 11) is 2.24. The zero-order chi connectivity index (χ0) is 20.6. The van der Waals surface area contributed by atoms with Crippen molar-refractivity contribution in [2.45, 2.75) is 57.0 Å². The second kappa shape index (κ2) is 11.1. The maximum Gasteiger partial charge on any atom is 0.293 e. The monoisotopic (exact) mass is 408 g/mol. The minimum atomic E-state index is -0.318. The number of aromatic nitrogens is 1. The first-order valence-corrected chi connectivity index (χ1v) is 11.5. The van der Waals surface area contributed by atoms with Crippen LogP contribution in [0.15, 0.2) is 23.2 Å². The molecule has 2 aliphatic rings. The molecule has 0 N–H and O–H groups in total. The van der Waals surface area contributed by atoms with Gasteiger partial charge in [0.25, 0.3) is 6.47 Å². The fourth-order valence-corrected chi connectivity index (χ4v) is 4.03. The molecule has 1 aliphatic carbocycles. The molecule has 0 bridgehead atoms. The molecule has 0 amide bonds. The van der Waals surface area contributed by atoms with E-state index in [1.165, 1.54) is 43.7 Å². The standard InChI is InChI=1S/C17H26N2OS.C5H10O2/c1-19-8-5-13(6-9-19)16-11-14(16)7-10-20-17-4-3-15(21-2)12-18-17;1-5(2,3)7-4-6/h3-4,12-14,16H,5-11H2,1-2H3;4H,1-3H3. The van der Waals surface area contributed by atoms with E-state index in [-0.39, 0.29) is 5.60 Å². The third-order valence-corrected chi connectivity index (χ3v) is 6.14. The van der Waals surface area contributed by atoms with Crippen LogP contribution in [0.3, 0.4) is 0 Å². The van der Waals surface area contributed by atoms with Gasteiger partial charge in [0.05, 0.1) is 6.61 Å². The van der Waals surface area contributed by atoms with Gasteiger partial charge in [-0.3, -0.25) is 4.79 Å². The van der Waals surface area contributed by atoms with Crippen LogP contribution in [-0.4, -0.2) is 55.0 Å². The van der Waals surface area contributed by atoms with Crippen molar-refractivity contribution in [3.05, 3.63) is 18.3 Å². The summed E-state index contributed by atoms with van der Waals surface area (Å²) in [6.45, 7) is 9.32. The molecule has 6 heteroatoms. The lowest BCUT2D eigenvalue weighted by atomic mass is 9.91. The summed E-state index contributed by atoms with van der Waals surface area (Å²) in [5.74, 6) is 3.63. The van der Waals surface area contributed by atoms with Gasteiger partial charge in [-0.15, -0.1) is 11.8 Å². The van der Waals surface area contributed by atoms with Crippen molar-refractivity contribution in [3.63, 3.8) is 0 Å².